The number of anilines is 2. The fraction of sp³-hybridized carbons (Fsp3) is 0.571. The van der Waals surface area contributed by atoms with Gasteiger partial charge in [0.25, 0.3) is 0 Å². The first-order valence-electron chi connectivity index (χ1n) is 6.24. The minimum absolute atomic E-state index is 0.729. The van der Waals surface area contributed by atoms with Gasteiger partial charge in [0.1, 0.15) is 0 Å². The van der Waals surface area contributed by atoms with Crippen molar-refractivity contribution in [2.75, 3.05) is 23.7 Å². The predicted molar refractivity (Wildman–Crippen MR) is 71.1 cm³/mol. The van der Waals surface area contributed by atoms with Gasteiger partial charge in [0.2, 0.25) is 0 Å². The van der Waals surface area contributed by atoms with Gasteiger partial charge in [0.05, 0.1) is 11.4 Å². The van der Waals surface area contributed by atoms with Crippen molar-refractivity contribution in [2.24, 2.45) is 11.8 Å². The van der Waals surface area contributed by atoms with Crippen molar-refractivity contribution in [1.82, 2.24) is 0 Å². The molecule has 0 aliphatic carbocycles. The third kappa shape index (κ3) is 2.49. The molecule has 1 aromatic rings. The lowest BCUT2D eigenvalue weighted by molar-refractivity contribution is 0.444. The average molecular weight is 218 g/mol. The van der Waals surface area contributed by atoms with Crippen LogP contribution >= 0.6 is 0 Å². The van der Waals surface area contributed by atoms with Gasteiger partial charge in [-0.05, 0) is 36.8 Å². The summed E-state index contributed by atoms with van der Waals surface area (Å²) in [6.07, 6.45) is 1.28. The Labute approximate surface area is 98.4 Å². The molecule has 0 saturated carbocycles. The molecule has 0 saturated heterocycles. The Morgan fingerprint density at radius 2 is 2.00 bits per heavy atom. The lowest BCUT2D eigenvalue weighted by atomic mass is 9.97. The number of rotatable bonds is 2. The van der Waals surface area contributed by atoms with E-state index in [0.717, 1.165) is 24.9 Å². The molecule has 0 aromatic heterocycles. The number of hydrogen-bond donors (Lipinski definition) is 2. The second-order valence-electron chi connectivity index (χ2n) is 5.25. The predicted octanol–water partition coefficient (Wildman–Crippen LogP) is 3.49. The van der Waals surface area contributed by atoms with Crippen LogP contribution in [0.2, 0.25) is 0 Å². The number of fused-ring (bicyclic) bond motifs is 1. The van der Waals surface area contributed by atoms with E-state index in [0.29, 0.717) is 0 Å². The molecule has 1 heterocycles. The van der Waals surface area contributed by atoms with Crippen molar-refractivity contribution in [3.8, 4) is 0 Å². The molecular weight excluding hydrogens is 196 g/mol. The molecule has 2 rings (SSSR count). The van der Waals surface area contributed by atoms with Crippen LogP contribution in [-0.2, 0) is 0 Å². The van der Waals surface area contributed by atoms with Crippen LogP contribution in [0.1, 0.15) is 25.8 Å². The molecule has 88 valence electrons. The highest BCUT2D eigenvalue weighted by Crippen LogP contribution is 2.29. The fourth-order valence-corrected chi connectivity index (χ4v) is 2.46. The number of benzene rings is 1. The van der Waals surface area contributed by atoms with E-state index < -0.39 is 0 Å². The highest BCUT2D eigenvalue weighted by Gasteiger charge is 2.16. The zero-order valence-electron chi connectivity index (χ0n) is 10.5. The molecule has 0 amide bonds. The van der Waals surface area contributed by atoms with E-state index in [4.69, 9.17) is 0 Å². The molecule has 1 aliphatic heterocycles. The van der Waals surface area contributed by atoms with Gasteiger partial charge in [-0.2, -0.15) is 0 Å². The van der Waals surface area contributed by atoms with Gasteiger partial charge < -0.3 is 10.6 Å². The molecule has 2 heteroatoms. The maximum atomic E-state index is 3.59. The SMILES string of the molecule is Cc1cccc2c1NCC(CC(C)C)CN2. The maximum Gasteiger partial charge on any atom is 0.0605 e. The summed E-state index contributed by atoms with van der Waals surface area (Å²) < 4.78 is 0. The van der Waals surface area contributed by atoms with E-state index in [1.807, 2.05) is 0 Å². The third-order valence-electron chi connectivity index (χ3n) is 3.23. The topological polar surface area (TPSA) is 24.1 Å². The normalized spacial score (nSPS) is 19.6. The maximum absolute atomic E-state index is 3.59. The molecule has 2 N–H and O–H groups in total. The largest absolute Gasteiger partial charge is 0.383 e. The Balaban J connectivity index is 2.10. The fourth-order valence-electron chi connectivity index (χ4n) is 2.46. The van der Waals surface area contributed by atoms with Gasteiger partial charge in [-0.3, -0.25) is 0 Å². The van der Waals surface area contributed by atoms with Crippen molar-refractivity contribution in [3.05, 3.63) is 23.8 Å². The summed E-state index contributed by atoms with van der Waals surface area (Å²) >= 11 is 0. The molecule has 2 nitrogen and oxygen atoms in total. The Morgan fingerprint density at radius 3 is 2.75 bits per heavy atom. The lowest BCUT2D eigenvalue weighted by Gasteiger charge is -2.16. The first kappa shape index (κ1) is 11.3. The minimum Gasteiger partial charge on any atom is -0.383 e. The van der Waals surface area contributed by atoms with E-state index in [1.165, 1.54) is 23.4 Å². The zero-order valence-corrected chi connectivity index (χ0v) is 10.5. The van der Waals surface area contributed by atoms with Crippen LogP contribution < -0.4 is 10.6 Å². The van der Waals surface area contributed by atoms with Crippen LogP contribution in [0.15, 0.2) is 18.2 Å². The number of para-hydroxylation sites is 1. The van der Waals surface area contributed by atoms with Crippen molar-refractivity contribution < 1.29 is 0 Å². The van der Waals surface area contributed by atoms with Crippen LogP contribution in [0.3, 0.4) is 0 Å². The summed E-state index contributed by atoms with van der Waals surface area (Å²) in [5.74, 6) is 1.50. The lowest BCUT2D eigenvalue weighted by Crippen LogP contribution is -2.20. The Bertz CT molecular complexity index is 358. The number of nitrogens with one attached hydrogen (secondary N) is 2. The van der Waals surface area contributed by atoms with Crippen LogP contribution in [0.5, 0.6) is 0 Å². The average Bonchev–Trinajstić information content (AvgIpc) is 2.42. The molecule has 0 spiro atoms. The van der Waals surface area contributed by atoms with Crippen LogP contribution in [-0.4, -0.2) is 13.1 Å². The monoisotopic (exact) mass is 218 g/mol. The second kappa shape index (κ2) is 4.77. The molecule has 0 radical (unpaired) electrons. The van der Waals surface area contributed by atoms with E-state index in [9.17, 15) is 0 Å². The third-order valence-corrected chi connectivity index (χ3v) is 3.23. The molecule has 0 bridgehead atoms. The van der Waals surface area contributed by atoms with Gasteiger partial charge in [-0.15, -0.1) is 0 Å². The number of hydrogen-bond acceptors (Lipinski definition) is 2. The standard InChI is InChI=1S/C14H22N2/c1-10(2)7-12-8-15-13-6-4-5-11(3)14(13)16-9-12/h4-6,10,12,15-16H,7-9H2,1-3H3. The first-order valence-corrected chi connectivity index (χ1v) is 6.24. The number of aryl methyl sites for hydroxylation is 1. The zero-order chi connectivity index (χ0) is 11.5. The van der Waals surface area contributed by atoms with E-state index in [1.54, 1.807) is 0 Å². The van der Waals surface area contributed by atoms with Crippen LogP contribution in [0.25, 0.3) is 0 Å². The molecule has 16 heavy (non-hydrogen) atoms. The van der Waals surface area contributed by atoms with E-state index in [2.05, 4.69) is 49.6 Å². The minimum atomic E-state index is 0.729. The first-order chi connectivity index (χ1) is 7.66. The molecule has 0 fully saturated rings. The molecular formula is C14H22N2. The smallest absolute Gasteiger partial charge is 0.0605 e. The summed E-state index contributed by atoms with van der Waals surface area (Å²) in [6.45, 7) is 8.92. The summed E-state index contributed by atoms with van der Waals surface area (Å²) in [5.41, 5.74) is 3.87. The summed E-state index contributed by atoms with van der Waals surface area (Å²) in [6, 6.07) is 6.44. The summed E-state index contributed by atoms with van der Waals surface area (Å²) in [7, 11) is 0. The van der Waals surface area contributed by atoms with Crippen LogP contribution in [0.4, 0.5) is 11.4 Å². The summed E-state index contributed by atoms with van der Waals surface area (Å²) in [4.78, 5) is 0. The van der Waals surface area contributed by atoms with Gasteiger partial charge >= 0.3 is 0 Å². The van der Waals surface area contributed by atoms with E-state index >= 15 is 0 Å². The van der Waals surface area contributed by atoms with Crippen LogP contribution in [0, 0.1) is 18.8 Å². The van der Waals surface area contributed by atoms with Gasteiger partial charge in [0, 0.05) is 13.1 Å². The van der Waals surface area contributed by atoms with Crippen molar-refractivity contribution in [1.29, 1.82) is 0 Å². The van der Waals surface area contributed by atoms with E-state index in [-0.39, 0.29) is 0 Å². The summed E-state index contributed by atoms with van der Waals surface area (Å²) in [5, 5.41) is 7.15. The quantitative estimate of drug-likeness (QED) is 0.794. The van der Waals surface area contributed by atoms with Crippen molar-refractivity contribution >= 4 is 11.4 Å². The highest BCUT2D eigenvalue weighted by molar-refractivity contribution is 5.73. The Morgan fingerprint density at radius 1 is 1.25 bits per heavy atom. The second-order valence-corrected chi connectivity index (χ2v) is 5.25. The highest BCUT2D eigenvalue weighted by atomic mass is 15.0. The Hall–Kier alpha value is -1.18. The van der Waals surface area contributed by atoms with Gasteiger partial charge in [0.15, 0.2) is 0 Å². The van der Waals surface area contributed by atoms with Gasteiger partial charge in [-0.25, -0.2) is 0 Å². The van der Waals surface area contributed by atoms with Crippen molar-refractivity contribution in [3.63, 3.8) is 0 Å². The molecule has 1 aliphatic rings. The van der Waals surface area contributed by atoms with Crippen molar-refractivity contribution in [2.45, 2.75) is 27.2 Å². The molecule has 1 aromatic carbocycles. The molecule has 1 unspecified atom stereocenters. The Kier molecular flexibility index (Phi) is 3.37. The molecule has 1 atom stereocenters. The van der Waals surface area contributed by atoms with Gasteiger partial charge in [-0.1, -0.05) is 26.0 Å².